The number of hydrazine groups is 1. The molecule has 0 radical (unpaired) electrons. The fourth-order valence-corrected chi connectivity index (χ4v) is 6.05. The van der Waals surface area contributed by atoms with Crippen molar-refractivity contribution in [3.63, 3.8) is 0 Å². The van der Waals surface area contributed by atoms with E-state index in [1.165, 1.54) is 31.3 Å². The molecule has 4 aliphatic carbocycles. The van der Waals surface area contributed by atoms with Crippen molar-refractivity contribution in [1.29, 1.82) is 5.26 Å². The number of amides is 3. The van der Waals surface area contributed by atoms with E-state index >= 15 is 0 Å². The molecular weight excluding hydrogens is 318 g/mol. The SMILES string of the molecule is CC1=C(C#N)C(=O)N(N(C)C(=O)C23CC4CC(CC(C4)C2)C3)C(=O)C1. The van der Waals surface area contributed by atoms with Gasteiger partial charge >= 0.3 is 0 Å². The van der Waals surface area contributed by atoms with E-state index in [9.17, 15) is 19.6 Å². The molecule has 0 saturated heterocycles. The molecule has 5 rings (SSSR count). The lowest BCUT2D eigenvalue weighted by molar-refractivity contribution is -0.182. The van der Waals surface area contributed by atoms with E-state index in [4.69, 9.17) is 0 Å². The molecule has 0 spiro atoms. The molecule has 3 amide bonds. The topological polar surface area (TPSA) is 81.5 Å². The van der Waals surface area contributed by atoms with Gasteiger partial charge in [-0.25, -0.2) is 5.01 Å². The Morgan fingerprint density at radius 1 is 1.16 bits per heavy atom. The number of nitriles is 1. The summed E-state index contributed by atoms with van der Waals surface area (Å²) in [5.41, 5.74) is 0.0294. The van der Waals surface area contributed by atoms with Gasteiger partial charge in [-0.05, 0) is 68.8 Å². The van der Waals surface area contributed by atoms with Gasteiger partial charge in [0.1, 0.15) is 11.6 Å². The minimum Gasteiger partial charge on any atom is -0.272 e. The van der Waals surface area contributed by atoms with Crippen LogP contribution < -0.4 is 0 Å². The number of nitrogens with zero attached hydrogens (tertiary/aromatic N) is 3. The van der Waals surface area contributed by atoms with Crippen molar-refractivity contribution in [3.8, 4) is 6.07 Å². The Labute approximate surface area is 147 Å². The number of hydrogen-bond donors (Lipinski definition) is 0. The van der Waals surface area contributed by atoms with Gasteiger partial charge in [0.05, 0.1) is 11.8 Å². The van der Waals surface area contributed by atoms with Gasteiger partial charge in [0, 0.05) is 7.05 Å². The fourth-order valence-electron chi connectivity index (χ4n) is 6.05. The second kappa shape index (κ2) is 5.42. The van der Waals surface area contributed by atoms with Crippen LogP contribution >= 0.6 is 0 Å². The van der Waals surface area contributed by atoms with Gasteiger partial charge in [-0.15, -0.1) is 0 Å². The van der Waals surface area contributed by atoms with Gasteiger partial charge in [-0.3, -0.25) is 14.4 Å². The molecule has 5 aliphatic rings. The maximum absolute atomic E-state index is 13.3. The van der Waals surface area contributed by atoms with Gasteiger partial charge in [0.25, 0.3) is 11.8 Å². The molecule has 132 valence electrons. The van der Waals surface area contributed by atoms with Crippen LogP contribution in [0.2, 0.25) is 0 Å². The molecule has 25 heavy (non-hydrogen) atoms. The molecule has 0 aromatic rings. The highest BCUT2D eigenvalue weighted by Gasteiger charge is 2.56. The number of rotatable bonds is 2. The van der Waals surface area contributed by atoms with Crippen LogP contribution in [0.5, 0.6) is 0 Å². The Kier molecular flexibility index (Phi) is 3.54. The smallest absolute Gasteiger partial charge is 0.272 e. The third kappa shape index (κ3) is 2.32. The highest BCUT2D eigenvalue weighted by Crippen LogP contribution is 2.60. The van der Waals surface area contributed by atoms with E-state index in [2.05, 4.69) is 0 Å². The number of carbonyl (C=O) groups excluding carboxylic acids is 3. The average molecular weight is 341 g/mol. The minimum absolute atomic E-state index is 0.00707. The highest BCUT2D eigenvalue weighted by atomic mass is 16.2. The summed E-state index contributed by atoms with van der Waals surface area (Å²) < 4.78 is 0. The van der Waals surface area contributed by atoms with Gasteiger partial charge in [0.15, 0.2) is 0 Å². The Bertz CT molecular complexity index is 710. The Balaban J connectivity index is 1.62. The van der Waals surface area contributed by atoms with Crippen molar-refractivity contribution in [1.82, 2.24) is 10.0 Å². The van der Waals surface area contributed by atoms with Crippen LogP contribution in [0.1, 0.15) is 51.9 Å². The summed E-state index contributed by atoms with van der Waals surface area (Å²) in [5, 5.41) is 11.3. The van der Waals surface area contributed by atoms with E-state index in [1.807, 2.05) is 6.07 Å². The second-order valence-electron chi connectivity index (χ2n) is 8.48. The van der Waals surface area contributed by atoms with Crippen LogP contribution in [0.4, 0.5) is 0 Å². The van der Waals surface area contributed by atoms with Gasteiger partial charge in [-0.2, -0.15) is 10.3 Å². The molecule has 0 aromatic carbocycles. The summed E-state index contributed by atoms with van der Waals surface area (Å²) in [6, 6.07) is 1.88. The summed E-state index contributed by atoms with van der Waals surface area (Å²) in [6.07, 6.45) is 6.29. The summed E-state index contributed by atoms with van der Waals surface area (Å²) >= 11 is 0. The highest BCUT2D eigenvalue weighted by molar-refractivity contribution is 6.11. The Morgan fingerprint density at radius 2 is 1.68 bits per heavy atom. The van der Waals surface area contributed by atoms with Crippen molar-refractivity contribution in [2.75, 3.05) is 7.05 Å². The van der Waals surface area contributed by atoms with Crippen LogP contribution in [-0.2, 0) is 14.4 Å². The standard InChI is InChI=1S/C19H23N3O3/c1-11-3-16(23)22(17(24)15(11)10-20)21(2)18(25)19-7-12-4-13(8-19)6-14(5-12)9-19/h12-14H,3-9H2,1-2H3. The molecule has 6 heteroatoms. The van der Waals surface area contributed by atoms with Gasteiger partial charge < -0.3 is 0 Å². The molecule has 1 aliphatic heterocycles. The Hall–Kier alpha value is -2.16. The molecule has 0 atom stereocenters. The van der Waals surface area contributed by atoms with Crippen molar-refractivity contribution in [2.24, 2.45) is 23.2 Å². The maximum atomic E-state index is 13.3. The average Bonchev–Trinajstić information content (AvgIpc) is 2.52. The normalized spacial score (nSPS) is 36.7. The van der Waals surface area contributed by atoms with Crippen molar-refractivity contribution >= 4 is 17.7 Å². The van der Waals surface area contributed by atoms with Crippen molar-refractivity contribution < 1.29 is 14.4 Å². The van der Waals surface area contributed by atoms with Crippen LogP contribution in [0.25, 0.3) is 0 Å². The van der Waals surface area contributed by atoms with Crippen molar-refractivity contribution in [3.05, 3.63) is 11.1 Å². The zero-order valence-corrected chi connectivity index (χ0v) is 14.7. The lowest BCUT2D eigenvalue weighted by atomic mass is 9.49. The molecule has 1 heterocycles. The first-order chi connectivity index (χ1) is 11.8. The molecule has 0 aromatic heterocycles. The van der Waals surface area contributed by atoms with E-state index in [0.717, 1.165) is 24.3 Å². The lowest BCUT2D eigenvalue weighted by Gasteiger charge is -2.56. The van der Waals surface area contributed by atoms with Crippen LogP contribution in [-0.4, -0.2) is 34.8 Å². The van der Waals surface area contributed by atoms with Crippen LogP contribution in [0.15, 0.2) is 11.1 Å². The summed E-state index contributed by atoms with van der Waals surface area (Å²) in [4.78, 5) is 38.3. The lowest BCUT2D eigenvalue weighted by Crippen LogP contribution is -2.60. The zero-order valence-electron chi connectivity index (χ0n) is 14.7. The number of carbonyl (C=O) groups is 3. The fraction of sp³-hybridized carbons (Fsp3) is 0.684. The quantitative estimate of drug-likeness (QED) is 0.721. The predicted molar refractivity (Wildman–Crippen MR) is 88.2 cm³/mol. The Morgan fingerprint density at radius 3 is 2.16 bits per heavy atom. The van der Waals surface area contributed by atoms with Gasteiger partial charge in [0.2, 0.25) is 5.91 Å². The molecule has 4 bridgehead atoms. The van der Waals surface area contributed by atoms with E-state index in [1.54, 1.807) is 6.92 Å². The molecule has 0 N–H and O–H groups in total. The third-order valence-corrected chi connectivity index (χ3v) is 6.68. The molecule has 4 saturated carbocycles. The first-order valence-corrected chi connectivity index (χ1v) is 9.10. The number of hydrogen-bond acceptors (Lipinski definition) is 4. The van der Waals surface area contributed by atoms with E-state index in [-0.39, 0.29) is 17.9 Å². The predicted octanol–water partition coefficient (Wildman–Crippen LogP) is 2.18. The number of imide groups is 1. The molecule has 4 fully saturated rings. The first-order valence-electron chi connectivity index (χ1n) is 9.10. The zero-order chi connectivity index (χ0) is 17.9. The largest absolute Gasteiger partial charge is 0.290 e. The van der Waals surface area contributed by atoms with Crippen molar-refractivity contribution in [2.45, 2.75) is 51.9 Å². The minimum atomic E-state index is -0.670. The van der Waals surface area contributed by atoms with E-state index < -0.39 is 17.2 Å². The maximum Gasteiger partial charge on any atom is 0.290 e. The summed E-state index contributed by atoms with van der Waals surface area (Å²) in [5.74, 6) is 0.596. The monoisotopic (exact) mass is 341 g/mol. The van der Waals surface area contributed by atoms with Gasteiger partial charge in [-0.1, -0.05) is 0 Å². The van der Waals surface area contributed by atoms with Crippen LogP contribution in [0.3, 0.4) is 0 Å². The molecular formula is C19H23N3O3. The third-order valence-electron chi connectivity index (χ3n) is 6.68. The summed E-state index contributed by atoms with van der Waals surface area (Å²) in [7, 11) is 1.51. The van der Waals surface area contributed by atoms with E-state index in [0.29, 0.717) is 23.3 Å². The van der Waals surface area contributed by atoms with Crippen LogP contribution in [0, 0.1) is 34.5 Å². The first kappa shape index (κ1) is 16.3. The summed E-state index contributed by atoms with van der Waals surface area (Å²) in [6.45, 7) is 1.62. The molecule has 6 nitrogen and oxygen atoms in total. The second-order valence-corrected chi connectivity index (χ2v) is 8.48. The molecule has 0 unspecified atom stereocenters.